The molecule has 6 nitrogen and oxygen atoms in total. The first kappa shape index (κ1) is 20.2. The van der Waals surface area contributed by atoms with Crippen molar-refractivity contribution in [1.82, 2.24) is 19.6 Å². The minimum Gasteiger partial charge on any atom is -0.319 e. The highest BCUT2D eigenvalue weighted by molar-refractivity contribution is 6.35. The number of nitrogens with one attached hydrogen (secondary N) is 1. The first-order valence-corrected chi connectivity index (χ1v) is 9.48. The number of hydrogen-bond acceptors (Lipinski definition) is 3. The number of hydrogen-bond donors (Lipinski definition) is 1. The van der Waals surface area contributed by atoms with Crippen molar-refractivity contribution in [2.24, 2.45) is 7.05 Å². The summed E-state index contributed by atoms with van der Waals surface area (Å²) in [4.78, 5) is 12.4. The summed E-state index contributed by atoms with van der Waals surface area (Å²) in [6, 6.07) is 5.39. The maximum Gasteiger partial charge on any atom is 0.248 e. The Labute approximate surface area is 173 Å². The molecule has 0 aliphatic carbocycles. The highest BCUT2D eigenvalue weighted by Gasteiger charge is 2.15. The number of rotatable bonds is 5. The van der Waals surface area contributed by atoms with Gasteiger partial charge >= 0.3 is 0 Å². The number of carbonyl (C=O) groups excluding carboxylic acids is 1. The van der Waals surface area contributed by atoms with Crippen molar-refractivity contribution < 1.29 is 4.79 Å². The van der Waals surface area contributed by atoms with Gasteiger partial charge in [0.2, 0.25) is 5.91 Å². The molecule has 3 aromatic rings. The first-order chi connectivity index (χ1) is 13.3. The van der Waals surface area contributed by atoms with Crippen molar-refractivity contribution in [3.05, 3.63) is 68.7 Å². The maximum atomic E-state index is 12.4. The second kappa shape index (κ2) is 8.20. The van der Waals surface area contributed by atoms with Crippen LogP contribution in [0.1, 0.15) is 28.2 Å². The van der Waals surface area contributed by atoms with Crippen molar-refractivity contribution in [3.63, 3.8) is 0 Å². The zero-order valence-corrected chi connectivity index (χ0v) is 17.6. The van der Waals surface area contributed by atoms with Crippen molar-refractivity contribution in [1.29, 1.82) is 0 Å². The lowest BCUT2D eigenvalue weighted by molar-refractivity contribution is -0.111. The normalized spacial score (nSPS) is 11.4. The summed E-state index contributed by atoms with van der Waals surface area (Å²) in [5.74, 6) is -0.232. The Bertz CT molecular complexity index is 1040. The molecule has 0 radical (unpaired) electrons. The molecule has 0 aliphatic rings. The number of benzene rings is 1. The molecule has 2 aromatic heterocycles. The number of aromatic nitrogens is 4. The summed E-state index contributed by atoms with van der Waals surface area (Å²) in [5.41, 5.74) is 4.91. The third-order valence-electron chi connectivity index (χ3n) is 4.69. The second-order valence-electron chi connectivity index (χ2n) is 6.54. The molecule has 8 heteroatoms. The highest BCUT2D eigenvalue weighted by atomic mass is 35.5. The van der Waals surface area contributed by atoms with Gasteiger partial charge in [-0.05, 0) is 39.0 Å². The average molecular weight is 418 g/mol. The SMILES string of the molecule is Cc1nn(Cc2c(Cl)cccc2Cl)c(C)c1NC(=O)/C=C/c1cnn(C)c1C. The topological polar surface area (TPSA) is 64.7 Å². The quantitative estimate of drug-likeness (QED) is 0.619. The minimum atomic E-state index is -0.232. The van der Waals surface area contributed by atoms with Crippen LogP contribution in [0.5, 0.6) is 0 Å². The monoisotopic (exact) mass is 417 g/mol. The molecule has 28 heavy (non-hydrogen) atoms. The van der Waals surface area contributed by atoms with Gasteiger partial charge in [-0.15, -0.1) is 0 Å². The molecule has 0 fully saturated rings. The van der Waals surface area contributed by atoms with Crippen molar-refractivity contribution in [2.45, 2.75) is 27.3 Å². The molecule has 0 saturated heterocycles. The fourth-order valence-electron chi connectivity index (χ4n) is 2.87. The molecule has 146 valence electrons. The van der Waals surface area contributed by atoms with Gasteiger partial charge in [-0.25, -0.2) is 0 Å². The van der Waals surface area contributed by atoms with E-state index in [0.717, 1.165) is 28.2 Å². The van der Waals surface area contributed by atoms with Crippen molar-refractivity contribution in [2.75, 3.05) is 5.32 Å². The van der Waals surface area contributed by atoms with Crippen molar-refractivity contribution in [3.8, 4) is 0 Å². The average Bonchev–Trinajstić information content (AvgIpc) is 3.10. The Balaban J connectivity index is 1.78. The van der Waals surface area contributed by atoms with Crippen LogP contribution in [0, 0.1) is 20.8 Å². The third-order valence-corrected chi connectivity index (χ3v) is 5.39. The van der Waals surface area contributed by atoms with Crippen LogP contribution in [-0.4, -0.2) is 25.5 Å². The van der Waals surface area contributed by atoms with Crippen LogP contribution in [-0.2, 0) is 18.4 Å². The van der Waals surface area contributed by atoms with Gasteiger partial charge in [-0.1, -0.05) is 29.3 Å². The molecular weight excluding hydrogens is 397 g/mol. The van der Waals surface area contributed by atoms with E-state index >= 15 is 0 Å². The van der Waals surface area contributed by atoms with Crippen LogP contribution in [0.4, 0.5) is 5.69 Å². The van der Waals surface area contributed by atoms with E-state index in [4.69, 9.17) is 23.2 Å². The Kier molecular flexibility index (Phi) is 5.91. The molecule has 0 aliphatic heterocycles. The molecule has 0 saturated carbocycles. The fourth-order valence-corrected chi connectivity index (χ4v) is 3.39. The summed E-state index contributed by atoms with van der Waals surface area (Å²) in [7, 11) is 1.86. The molecule has 3 rings (SSSR count). The predicted octanol–water partition coefficient (Wildman–Crippen LogP) is 4.55. The van der Waals surface area contributed by atoms with Gasteiger partial charge in [0.25, 0.3) is 0 Å². The Hall–Kier alpha value is -2.57. The maximum absolute atomic E-state index is 12.4. The summed E-state index contributed by atoms with van der Waals surface area (Å²) >= 11 is 12.5. The molecule has 1 N–H and O–H groups in total. The molecule has 0 unspecified atom stereocenters. The summed E-state index contributed by atoms with van der Waals surface area (Å²) in [6.45, 7) is 6.12. The van der Waals surface area contributed by atoms with Gasteiger partial charge in [0.15, 0.2) is 0 Å². The molecular formula is C20H21Cl2N5O. The van der Waals surface area contributed by atoms with Gasteiger partial charge in [0, 0.05) is 40.0 Å². The van der Waals surface area contributed by atoms with E-state index in [1.54, 1.807) is 39.8 Å². The van der Waals surface area contributed by atoms with E-state index in [-0.39, 0.29) is 5.91 Å². The molecule has 1 aromatic carbocycles. The van der Waals surface area contributed by atoms with Crippen LogP contribution in [0.3, 0.4) is 0 Å². The summed E-state index contributed by atoms with van der Waals surface area (Å²) in [6.07, 6.45) is 4.96. The predicted molar refractivity (Wildman–Crippen MR) is 113 cm³/mol. The minimum absolute atomic E-state index is 0.232. The number of amides is 1. The van der Waals surface area contributed by atoms with E-state index in [0.29, 0.717) is 22.3 Å². The van der Waals surface area contributed by atoms with E-state index in [2.05, 4.69) is 15.5 Å². The summed E-state index contributed by atoms with van der Waals surface area (Å²) in [5, 5.41) is 12.8. The van der Waals surface area contributed by atoms with E-state index in [9.17, 15) is 4.79 Å². The van der Waals surface area contributed by atoms with E-state index in [1.165, 1.54) is 6.08 Å². The van der Waals surface area contributed by atoms with Crippen LogP contribution in [0.25, 0.3) is 6.08 Å². The molecule has 0 spiro atoms. The number of anilines is 1. The van der Waals surface area contributed by atoms with Gasteiger partial charge in [-0.3, -0.25) is 14.2 Å². The fraction of sp³-hybridized carbons (Fsp3) is 0.250. The Morgan fingerprint density at radius 1 is 1.18 bits per heavy atom. The van der Waals surface area contributed by atoms with Crippen LogP contribution in [0.2, 0.25) is 10.0 Å². The Morgan fingerprint density at radius 2 is 1.86 bits per heavy atom. The largest absolute Gasteiger partial charge is 0.319 e. The van der Waals surface area contributed by atoms with E-state index in [1.807, 2.05) is 27.8 Å². The second-order valence-corrected chi connectivity index (χ2v) is 7.35. The third kappa shape index (κ3) is 4.13. The van der Waals surface area contributed by atoms with E-state index < -0.39 is 0 Å². The van der Waals surface area contributed by atoms with Crippen molar-refractivity contribution >= 4 is 40.9 Å². The summed E-state index contributed by atoms with van der Waals surface area (Å²) < 4.78 is 3.54. The van der Waals surface area contributed by atoms with Crippen LogP contribution < -0.4 is 5.32 Å². The molecule has 2 heterocycles. The van der Waals surface area contributed by atoms with Gasteiger partial charge in [-0.2, -0.15) is 10.2 Å². The standard InChI is InChI=1S/C20H21Cl2N5O/c1-12-20(24-19(28)9-8-15-10-23-26(4)13(15)2)14(3)27(25-12)11-16-17(21)6-5-7-18(16)22/h5-10H,11H2,1-4H3,(H,24,28)/b9-8+. The van der Waals surface area contributed by atoms with Crippen LogP contribution >= 0.6 is 23.2 Å². The van der Waals surface area contributed by atoms with Gasteiger partial charge in [0.05, 0.1) is 29.8 Å². The number of aryl methyl sites for hydroxylation is 2. The lowest BCUT2D eigenvalue weighted by Gasteiger charge is -2.09. The lowest BCUT2D eigenvalue weighted by atomic mass is 10.2. The Morgan fingerprint density at radius 3 is 2.46 bits per heavy atom. The number of carbonyl (C=O) groups is 1. The smallest absolute Gasteiger partial charge is 0.248 e. The van der Waals surface area contributed by atoms with Gasteiger partial charge < -0.3 is 5.32 Å². The number of halogens is 2. The zero-order chi connectivity index (χ0) is 20.4. The van der Waals surface area contributed by atoms with Crippen LogP contribution in [0.15, 0.2) is 30.5 Å². The molecule has 1 amide bonds. The first-order valence-electron chi connectivity index (χ1n) is 8.72. The number of nitrogens with zero attached hydrogens (tertiary/aromatic N) is 4. The molecule has 0 bridgehead atoms. The zero-order valence-electron chi connectivity index (χ0n) is 16.1. The lowest BCUT2D eigenvalue weighted by Crippen LogP contribution is -2.10. The van der Waals surface area contributed by atoms with Gasteiger partial charge in [0.1, 0.15) is 0 Å². The molecule has 0 atom stereocenters. The highest BCUT2D eigenvalue weighted by Crippen LogP contribution is 2.27.